The second kappa shape index (κ2) is 6.26. The van der Waals surface area contributed by atoms with Gasteiger partial charge in [-0.15, -0.1) is 0 Å². The van der Waals surface area contributed by atoms with Crippen LogP contribution in [0.5, 0.6) is 0 Å². The van der Waals surface area contributed by atoms with E-state index < -0.39 is 29.3 Å². The number of halogens is 4. The molecule has 0 heterocycles. The summed E-state index contributed by atoms with van der Waals surface area (Å²) in [5.41, 5.74) is 0.364. The highest BCUT2D eigenvalue weighted by molar-refractivity contribution is 5.31. The van der Waals surface area contributed by atoms with Crippen molar-refractivity contribution in [3.05, 3.63) is 70.3 Å². The van der Waals surface area contributed by atoms with Gasteiger partial charge in [-0.25, -0.2) is 17.6 Å². The number of aryl methyl sites for hydroxylation is 1. The maximum absolute atomic E-state index is 14.1. The average Bonchev–Trinajstić information content (AvgIpc) is 2.44. The summed E-state index contributed by atoms with van der Waals surface area (Å²) in [6, 6.07) is 4.93. The summed E-state index contributed by atoms with van der Waals surface area (Å²) >= 11 is 0. The Balaban J connectivity index is 2.39. The normalized spacial score (nSPS) is 12.5. The Kier molecular flexibility index (Phi) is 4.63. The first-order valence-corrected chi connectivity index (χ1v) is 6.49. The molecule has 1 N–H and O–H groups in total. The minimum atomic E-state index is -0.745. The summed E-state index contributed by atoms with van der Waals surface area (Å²) in [4.78, 5) is 0. The standard InChI is InChI=1S/C16H15F4N/c1-9-3-6-12(18)15(16(9)20)14(21-2)7-10-4-5-11(17)8-13(10)19/h3-6,8,14,21H,7H2,1-2H3. The van der Waals surface area contributed by atoms with E-state index in [1.165, 1.54) is 32.2 Å². The van der Waals surface area contributed by atoms with Crippen molar-refractivity contribution in [3.63, 3.8) is 0 Å². The lowest BCUT2D eigenvalue weighted by atomic mass is 9.96. The molecule has 0 fully saturated rings. The van der Waals surface area contributed by atoms with Crippen LogP contribution in [0.3, 0.4) is 0 Å². The third kappa shape index (κ3) is 3.24. The van der Waals surface area contributed by atoms with Crippen LogP contribution in [-0.2, 0) is 6.42 Å². The van der Waals surface area contributed by atoms with Gasteiger partial charge < -0.3 is 5.32 Å². The highest BCUT2D eigenvalue weighted by atomic mass is 19.1. The summed E-state index contributed by atoms with van der Waals surface area (Å²) < 4.78 is 54.6. The molecule has 0 aliphatic carbocycles. The SMILES string of the molecule is CNC(Cc1ccc(F)cc1F)c1c(F)ccc(C)c1F. The van der Waals surface area contributed by atoms with E-state index in [2.05, 4.69) is 5.32 Å². The fourth-order valence-electron chi connectivity index (χ4n) is 2.25. The molecule has 2 aromatic rings. The van der Waals surface area contributed by atoms with E-state index in [9.17, 15) is 17.6 Å². The van der Waals surface area contributed by atoms with E-state index in [1.807, 2.05) is 0 Å². The van der Waals surface area contributed by atoms with Gasteiger partial charge >= 0.3 is 0 Å². The van der Waals surface area contributed by atoms with Gasteiger partial charge in [0.1, 0.15) is 23.3 Å². The number of hydrogen-bond donors (Lipinski definition) is 1. The second-order valence-electron chi connectivity index (χ2n) is 4.87. The predicted molar refractivity (Wildman–Crippen MR) is 73.0 cm³/mol. The Labute approximate surface area is 120 Å². The summed E-state index contributed by atoms with van der Waals surface area (Å²) in [5, 5.41) is 2.78. The van der Waals surface area contributed by atoms with Crippen LogP contribution in [0.1, 0.15) is 22.7 Å². The minimum absolute atomic E-state index is 0.0138. The predicted octanol–water partition coefficient (Wildman–Crippen LogP) is 4.05. The highest BCUT2D eigenvalue weighted by Crippen LogP contribution is 2.26. The van der Waals surface area contributed by atoms with Crippen molar-refractivity contribution in [2.45, 2.75) is 19.4 Å². The molecule has 0 spiro atoms. The largest absolute Gasteiger partial charge is 0.313 e. The molecular formula is C16H15F4N. The quantitative estimate of drug-likeness (QED) is 0.839. The van der Waals surface area contributed by atoms with E-state index in [4.69, 9.17) is 0 Å². The molecule has 21 heavy (non-hydrogen) atoms. The van der Waals surface area contributed by atoms with Crippen LogP contribution >= 0.6 is 0 Å². The molecule has 0 bridgehead atoms. The van der Waals surface area contributed by atoms with Crippen molar-refractivity contribution in [1.29, 1.82) is 0 Å². The van der Waals surface area contributed by atoms with Crippen molar-refractivity contribution in [2.75, 3.05) is 7.05 Å². The van der Waals surface area contributed by atoms with Crippen molar-refractivity contribution in [3.8, 4) is 0 Å². The Bertz CT molecular complexity index is 655. The van der Waals surface area contributed by atoms with Gasteiger partial charge in [0.05, 0.1) is 0 Å². The van der Waals surface area contributed by atoms with Gasteiger partial charge in [-0.2, -0.15) is 0 Å². The molecule has 2 rings (SSSR count). The lowest BCUT2D eigenvalue weighted by molar-refractivity contribution is 0.477. The summed E-state index contributed by atoms with van der Waals surface area (Å²) in [7, 11) is 1.54. The first-order chi connectivity index (χ1) is 9.93. The van der Waals surface area contributed by atoms with Crippen LogP contribution in [0.15, 0.2) is 30.3 Å². The van der Waals surface area contributed by atoms with Crippen LogP contribution in [0.2, 0.25) is 0 Å². The number of benzene rings is 2. The average molecular weight is 297 g/mol. The topological polar surface area (TPSA) is 12.0 Å². The Hall–Kier alpha value is -1.88. The van der Waals surface area contributed by atoms with Crippen molar-refractivity contribution in [1.82, 2.24) is 5.32 Å². The maximum atomic E-state index is 14.1. The molecule has 0 aliphatic rings. The highest BCUT2D eigenvalue weighted by Gasteiger charge is 2.21. The van der Waals surface area contributed by atoms with Crippen LogP contribution in [0.25, 0.3) is 0 Å². The van der Waals surface area contributed by atoms with Crippen LogP contribution < -0.4 is 5.32 Å². The van der Waals surface area contributed by atoms with Crippen molar-refractivity contribution < 1.29 is 17.6 Å². The molecule has 0 amide bonds. The molecule has 0 aromatic heterocycles. The minimum Gasteiger partial charge on any atom is -0.313 e. The molecule has 0 aliphatic heterocycles. The van der Waals surface area contributed by atoms with Gasteiger partial charge in [0.2, 0.25) is 0 Å². The van der Waals surface area contributed by atoms with Gasteiger partial charge in [0, 0.05) is 17.7 Å². The lowest BCUT2D eigenvalue weighted by Crippen LogP contribution is -2.22. The molecule has 1 nitrogen and oxygen atoms in total. The third-order valence-corrected chi connectivity index (χ3v) is 3.46. The zero-order chi connectivity index (χ0) is 15.6. The molecule has 0 saturated heterocycles. The van der Waals surface area contributed by atoms with E-state index in [0.717, 1.165) is 12.1 Å². The van der Waals surface area contributed by atoms with Crippen LogP contribution in [0, 0.1) is 30.2 Å². The molecular weight excluding hydrogens is 282 g/mol. The maximum Gasteiger partial charge on any atom is 0.133 e. The monoisotopic (exact) mass is 297 g/mol. The lowest BCUT2D eigenvalue weighted by Gasteiger charge is -2.19. The fraction of sp³-hybridized carbons (Fsp3) is 0.250. The van der Waals surface area contributed by atoms with E-state index in [1.54, 1.807) is 0 Å². The Morgan fingerprint density at radius 3 is 2.33 bits per heavy atom. The summed E-state index contributed by atoms with van der Waals surface area (Å²) in [5.74, 6) is -2.77. The zero-order valence-corrected chi connectivity index (χ0v) is 11.7. The zero-order valence-electron chi connectivity index (χ0n) is 11.7. The van der Waals surface area contributed by atoms with Crippen molar-refractivity contribution >= 4 is 0 Å². The molecule has 2 aromatic carbocycles. The first kappa shape index (κ1) is 15.5. The van der Waals surface area contributed by atoms with E-state index in [0.29, 0.717) is 5.56 Å². The van der Waals surface area contributed by atoms with Gasteiger partial charge in [0.25, 0.3) is 0 Å². The van der Waals surface area contributed by atoms with Gasteiger partial charge in [0.15, 0.2) is 0 Å². The molecule has 112 valence electrons. The van der Waals surface area contributed by atoms with Gasteiger partial charge in [-0.3, -0.25) is 0 Å². The number of nitrogens with one attached hydrogen (secondary N) is 1. The third-order valence-electron chi connectivity index (χ3n) is 3.46. The van der Waals surface area contributed by atoms with Crippen LogP contribution in [0.4, 0.5) is 17.6 Å². The Morgan fingerprint density at radius 2 is 1.71 bits per heavy atom. The number of likely N-dealkylation sites (N-methyl/N-ethyl adjacent to an activating group) is 1. The smallest absolute Gasteiger partial charge is 0.133 e. The number of rotatable bonds is 4. The number of hydrogen-bond acceptors (Lipinski definition) is 1. The Morgan fingerprint density at radius 1 is 1.00 bits per heavy atom. The van der Waals surface area contributed by atoms with Crippen LogP contribution in [-0.4, -0.2) is 7.05 Å². The molecule has 1 unspecified atom stereocenters. The van der Waals surface area contributed by atoms with E-state index in [-0.39, 0.29) is 17.5 Å². The molecule has 5 heteroatoms. The summed E-state index contributed by atoms with van der Waals surface area (Å²) in [6.07, 6.45) is 0.0138. The second-order valence-corrected chi connectivity index (χ2v) is 4.87. The molecule has 0 radical (unpaired) electrons. The van der Waals surface area contributed by atoms with Gasteiger partial charge in [-0.1, -0.05) is 12.1 Å². The van der Waals surface area contributed by atoms with Crippen molar-refractivity contribution in [2.24, 2.45) is 0 Å². The summed E-state index contributed by atoms with van der Waals surface area (Å²) in [6.45, 7) is 1.53. The molecule has 1 atom stereocenters. The van der Waals surface area contributed by atoms with Gasteiger partial charge in [-0.05, 0) is 43.7 Å². The van der Waals surface area contributed by atoms with E-state index >= 15 is 0 Å². The first-order valence-electron chi connectivity index (χ1n) is 6.49. The fourth-order valence-corrected chi connectivity index (χ4v) is 2.25. The molecule has 0 saturated carbocycles.